The van der Waals surface area contributed by atoms with E-state index in [1.165, 1.54) is 19.3 Å². The topological polar surface area (TPSA) is 82.1 Å². The zero-order valence-electron chi connectivity index (χ0n) is 32.5. The Balaban J connectivity index is 3.60. The van der Waals surface area contributed by atoms with Crippen LogP contribution in [0.3, 0.4) is 0 Å². The molecule has 1 N–H and O–H groups in total. The van der Waals surface area contributed by atoms with Crippen molar-refractivity contribution < 1.29 is 28.3 Å². The Bertz CT molecular complexity index is 1100. The van der Waals surface area contributed by atoms with E-state index in [4.69, 9.17) is 13.6 Å². The van der Waals surface area contributed by atoms with Crippen molar-refractivity contribution in [2.45, 2.75) is 175 Å². The van der Waals surface area contributed by atoms with Gasteiger partial charge in [0.2, 0.25) is 0 Å². The van der Waals surface area contributed by atoms with Crippen LogP contribution in [-0.2, 0) is 23.2 Å². The van der Waals surface area contributed by atoms with Gasteiger partial charge in [-0.2, -0.15) is 0 Å². The number of aliphatic carboxylic acids is 1. The first-order valence-electron chi connectivity index (χ1n) is 18.1. The minimum Gasteiger partial charge on any atom is -0.478 e. The van der Waals surface area contributed by atoms with Crippen LogP contribution in [0, 0.1) is 11.8 Å². The number of thioether (sulfide) groups is 1. The number of rotatable bonds is 20. The van der Waals surface area contributed by atoms with E-state index in [0.717, 1.165) is 35.7 Å². The molecule has 1 rings (SSSR count). The molecule has 47 heavy (non-hydrogen) atoms. The molecule has 0 aliphatic heterocycles. The molecule has 0 fully saturated rings. The molecule has 4 atom stereocenters. The number of carboxylic acid groups (broad SMARTS) is 1. The number of esters is 1. The first kappa shape index (κ1) is 43.9. The van der Waals surface area contributed by atoms with Gasteiger partial charge in [-0.1, -0.05) is 99.8 Å². The van der Waals surface area contributed by atoms with Crippen molar-refractivity contribution >= 4 is 40.3 Å². The number of allylic oxidation sites excluding steroid dienone is 1. The average Bonchev–Trinajstić information content (AvgIpc) is 3.23. The SMILES string of the molecule is CCCC[C@@H](C)C[C@@H](/C=C/[C@@H]1C(SCCC/C=C(\C)C(=O)O)=C(OC(=O)CCC)C[C@H]1O[Si](C)(C)C(C)(C)C)O[Si](C)(C)C(C)(C)C. The highest BCUT2D eigenvalue weighted by Crippen LogP contribution is 2.47. The van der Waals surface area contributed by atoms with Crippen molar-refractivity contribution in [2.75, 3.05) is 5.75 Å². The molecule has 1 aliphatic carbocycles. The third kappa shape index (κ3) is 14.7. The molecule has 0 saturated heterocycles. The fourth-order valence-corrected chi connectivity index (χ4v) is 8.88. The molecule has 0 spiro atoms. The van der Waals surface area contributed by atoms with Gasteiger partial charge in [-0.25, -0.2) is 4.79 Å². The number of ether oxygens (including phenoxy) is 1. The Morgan fingerprint density at radius 3 is 2.15 bits per heavy atom. The Morgan fingerprint density at radius 1 is 1.00 bits per heavy atom. The van der Waals surface area contributed by atoms with Gasteiger partial charge in [-0.15, -0.1) is 11.8 Å². The summed E-state index contributed by atoms with van der Waals surface area (Å²) in [5.74, 6) is 0.960. The molecule has 1 aliphatic rings. The maximum Gasteiger partial charge on any atom is 0.330 e. The van der Waals surface area contributed by atoms with Gasteiger partial charge in [0.15, 0.2) is 16.6 Å². The lowest BCUT2D eigenvalue weighted by molar-refractivity contribution is -0.139. The zero-order chi connectivity index (χ0) is 36.2. The Hall–Kier alpha value is -1.14. The van der Waals surface area contributed by atoms with Crippen LogP contribution in [-0.4, -0.2) is 51.6 Å². The van der Waals surface area contributed by atoms with Crippen LogP contribution >= 0.6 is 11.8 Å². The van der Waals surface area contributed by atoms with Crippen LogP contribution < -0.4 is 0 Å². The molecule has 272 valence electrons. The molecule has 0 bridgehead atoms. The van der Waals surface area contributed by atoms with Gasteiger partial charge in [-0.3, -0.25) is 4.79 Å². The van der Waals surface area contributed by atoms with Crippen molar-refractivity contribution in [3.8, 4) is 0 Å². The highest BCUT2D eigenvalue weighted by atomic mass is 32.2. The van der Waals surface area contributed by atoms with Crippen LogP contribution in [0.1, 0.15) is 127 Å². The molecular formula is C38H70O6SSi2. The molecule has 0 aromatic heterocycles. The first-order chi connectivity index (χ1) is 21.6. The monoisotopic (exact) mass is 710 g/mol. The summed E-state index contributed by atoms with van der Waals surface area (Å²) in [7, 11) is -4.19. The predicted octanol–water partition coefficient (Wildman–Crippen LogP) is 11.7. The maximum absolute atomic E-state index is 12.8. The van der Waals surface area contributed by atoms with Gasteiger partial charge in [0, 0.05) is 29.2 Å². The molecular weight excluding hydrogens is 641 g/mol. The molecule has 6 nitrogen and oxygen atoms in total. The summed E-state index contributed by atoms with van der Waals surface area (Å²) >= 11 is 1.73. The molecule has 0 heterocycles. The van der Waals surface area contributed by atoms with Crippen molar-refractivity contribution in [3.05, 3.63) is 34.5 Å². The third-order valence-corrected chi connectivity index (χ3v) is 20.5. The van der Waals surface area contributed by atoms with Gasteiger partial charge in [-0.05, 0) is 80.5 Å². The molecule has 0 aromatic carbocycles. The van der Waals surface area contributed by atoms with Crippen molar-refractivity contribution in [1.82, 2.24) is 0 Å². The van der Waals surface area contributed by atoms with Crippen LogP contribution in [0.5, 0.6) is 0 Å². The number of unbranched alkanes of at least 4 members (excludes halogenated alkanes) is 2. The summed E-state index contributed by atoms with van der Waals surface area (Å²) in [6.07, 6.45) is 14.0. The van der Waals surface area contributed by atoms with Gasteiger partial charge < -0.3 is 18.7 Å². The molecule has 0 radical (unpaired) electrons. The van der Waals surface area contributed by atoms with Crippen LogP contribution in [0.25, 0.3) is 0 Å². The quantitative estimate of drug-likeness (QED) is 0.0443. The first-order valence-corrected chi connectivity index (χ1v) is 24.9. The second kappa shape index (κ2) is 19.3. The normalized spacial score (nSPS) is 19.8. The second-order valence-electron chi connectivity index (χ2n) is 16.6. The van der Waals surface area contributed by atoms with E-state index >= 15 is 0 Å². The summed E-state index contributed by atoms with van der Waals surface area (Å²) in [6, 6.07) is 0. The molecule has 0 saturated carbocycles. The van der Waals surface area contributed by atoms with Crippen molar-refractivity contribution in [2.24, 2.45) is 11.8 Å². The minimum absolute atomic E-state index is 0.00154. The van der Waals surface area contributed by atoms with E-state index in [1.807, 2.05) is 6.92 Å². The van der Waals surface area contributed by atoms with E-state index < -0.39 is 22.6 Å². The zero-order valence-corrected chi connectivity index (χ0v) is 35.3. The highest BCUT2D eigenvalue weighted by molar-refractivity contribution is 8.03. The van der Waals surface area contributed by atoms with Crippen molar-refractivity contribution in [3.63, 3.8) is 0 Å². The van der Waals surface area contributed by atoms with E-state index in [-0.39, 0.29) is 34.2 Å². The minimum atomic E-state index is -2.15. The number of hydrogen-bond donors (Lipinski definition) is 1. The summed E-state index contributed by atoms with van der Waals surface area (Å²) in [5, 5.41) is 9.38. The third-order valence-electron chi connectivity index (χ3n) is 10.2. The lowest BCUT2D eigenvalue weighted by Crippen LogP contribution is -2.45. The number of carbonyl (C=O) groups excluding carboxylic acids is 1. The lowest BCUT2D eigenvalue weighted by atomic mass is 9.96. The highest BCUT2D eigenvalue weighted by Gasteiger charge is 2.45. The molecule has 0 aromatic rings. The fraction of sp³-hybridized carbons (Fsp3) is 0.789. The second-order valence-corrected chi connectivity index (χ2v) is 27.3. The predicted molar refractivity (Wildman–Crippen MR) is 206 cm³/mol. The summed E-state index contributed by atoms with van der Waals surface area (Å²) in [5.41, 5.74) is 0.369. The molecule has 0 amide bonds. The Kier molecular flexibility index (Phi) is 18.0. The standard InChI is InChI=1S/C38H70O6SSi2/c1-15-17-21-28(3)26-30(43-46(11,12)37(5,6)7)23-24-31-32(44-47(13,14)38(8,9)10)27-33(42-34(39)20-16-2)35(31)45-25-19-18-22-29(4)36(40)41/h22-24,28,30-32H,15-21,25-27H2,1-14H3,(H,40,41)/b24-23+,29-22+/t28-,30-,31+,32-/m1/s1. The van der Waals surface area contributed by atoms with Crippen LogP contribution in [0.15, 0.2) is 34.5 Å². The van der Waals surface area contributed by atoms with Crippen LogP contribution in [0.2, 0.25) is 36.3 Å². The maximum atomic E-state index is 12.8. The summed E-state index contributed by atoms with van der Waals surface area (Å²) in [4.78, 5) is 25.2. The smallest absolute Gasteiger partial charge is 0.330 e. The largest absolute Gasteiger partial charge is 0.478 e. The van der Waals surface area contributed by atoms with E-state index in [2.05, 4.69) is 93.7 Å². The fourth-order valence-electron chi connectivity index (χ4n) is 5.01. The molecule has 0 unspecified atom stereocenters. The van der Waals surface area contributed by atoms with E-state index in [9.17, 15) is 14.7 Å². The lowest BCUT2D eigenvalue weighted by Gasteiger charge is -2.40. The Morgan fingerprint density at radius 2 is 1.62 bits per heavy atom. The van der Waals surface area contributed by atoms with E-state index in [1.54, 1.807) is 24.8 Å². The summed E-state index contributed by atoms with van der Waals surface area (Å²) in [6.45, 7) is 31.1. The van der Waals surface area contributed by atoms with Gasteiger partial charge in [0.25, 0.3) is 0 Å². The van der Waals surface area contributed by atoms with Crippen LogP contribution in [0.4, 0.5) is 0 Å². The number of carboxylic acids is 1. The molecule has 9 heteroatoms. The average molecular weight is 711 g/mol. The van der Waals surface area contributed by atoms with Crippen molar-refractivity contribution in [1.29, 1.82) is 0 Å². The van der Waals surface area contributed by atoms with Gasteiger partial charge in [0.1, 0.15) is 5.76 Å². The number of hydrogen-bond acceptors (Lipinski definition) is 6. The summed E-state index contributed by atoms with van der Waals surface area (Å²) < 4.78 is 20.3. The Labute approximate surface area is 295 Å². The van der Waals surface area contributed by atoms with Gasteiger partial charge >= 0.3 is 11.9 Å². The van der Waals surface area contributed by atoms with E-state index in [0.29, 0.717) is 30.8 Å². The van der Waals surface area contributed by atoms with Gasteiger partial charge in [0.05, 0.1) is 12.2 Å². The number of carbonyl (C=O) groups is 2.